The van der Waals surface area contributed by atoms with Crippen LogP contribution in [0.1, 0.15) is 28.9 Å². The molecule has 0 aliphatic heterocycles. The molecule has 6 nitrogen and oxygen atoms in total. The van der Waals surface area contributed by atoms with Gasteiger partial charge in [-0.05, 0) is 42.3 Å². The Hall–Kier alpha value is -3.82. The fraction of sp³-hybridized carbons (Fsp3) is 0.0909. The average Bonchev–Trinajstić information content (AvgIpc) is 3.19. The minimum atomic E-state index is -4.53. The third-order valence-electron chi connectivity index (χ3n) is 4.68. The van der Waals surface area contributed by atoms with Crippen LogP contribution in [0.25, 0.3) is 16.9 Å². The van der Waals surface area contributed by atoms with Crippen molar-refractivity contribution in [1.82, 2.24) is 14.6 Å². The molecule has 0 fully saturated rings. The van der Waals surface area contributed by atoms with Crippen LogP contribution in [0.5, 0.6) is 0 Å². The number of rotatable bonds is 3. The maximum atomic E-state index is 13.7. The summed E-state index contributed by atoms with van der Waals surface area (Å²) in [5, 5.41) is 9.10. The van der Waals surface area contributed by atoms with Gasteiger partial charge < -0.3 is 0 Å². The van der Waals surface area contributed by atoms with Crippen LogP contribution in [0.15, 0.2) is 65.6 Å². The average molecular weight is 492 g/mol. The normalized spacial score (nSPS) is 12.1. The maximum Gasteiger partial charge on any atom is 0.416 e. The highest BCUT2D eigenvalue weighted by Crippen LogP contribution is 2.31. The zero-order chi connectivity index (χ0) is 24.7. The van der Waals surface area contributed by atoms with Gasteiger partial charge in [0, 0.05) is 17.2 Å². The highest BCUT2D eigenvalue weighted by Gasteiger charge is 2.30. The van der Waals surface area contributed by atoms with E-state index in [1.54, 1.807) is 0 Å². The highest BCUT2D eigenvalue weighted by molar-refractivity contribution is 7.89. The molecule has 4 rings (SSSR count). The largest absolute Gasteiger partial charge is 0.416 e. The third-order valence-corrected chi connectivity index (χ3v) is 5.59. The van der Waals surface area contributed by atoms with Gasteiger partial charge in [-0.15, -0.1) is 0 Å². The summed E-state index contributed by atoms with van der Waals surface area (Å²) >= 11 is 0. The van der Waals surface area contributed by atoms with Gasteiger partial charge in [-0.25, -0.2) is 31.8 Å². The van der Waals surface area contributed by atoms with Crippen LogP contribution in [0.2, 0.25) is 0 Å². The van der Waals surface area contributed by atoms with E-state index in [1.807, 2.05) is 0 Å². The second-order valence-electron chi connectivity index (χ2n) is 7.06. The zero-order valence-electron chi connectivity index (χ0n) is 16.9. The van der Waals surface area contributed by atoms with E-state index in [4.69, 9.17) is 5.14 Å². The Balaban J connectivity index is 1.75. The molecule has 0 bridgehead atoms. The van der Waals surface area contributed by atoms with Gasteiger partial charge in [-0.1, -0.05) is 24.1 Å². The van der Waals surface area contributed by atoms with Gasteiger partial charge in [-0.2, -0.15) is 18.3 Å². The fourth-order valence-electron chi connectivity index (χ4n) is 3.08. The first-order valence-electron chi connectivity index (χ1n) is 9.43. The van der Waals surface area contributed by atoms with Crippen LogP contribution in [-0.4, -0.2) is 23.0 Å². The summed E-state index contributed by atoms with van der Waals surface area (Å²) in [6.07, 6.45) is -7.48. The molecule has 0 unspecified atom stereocenters. The predicted molar refractivity (Wildman–Crippen MR) is 112 cm³/mol. The van der Waals surface area contributed by atoms with E-state index in [-0.39, 0.29) is 27.5 Å². The fourth-order valence-corrected chi connectivity index (χ4v) is 3.64. The van der Waals surface area contributed by atoms with Crippen molar-refractivity contribution >= 4 is 15.7 Å². The maximum absolute atomic E-state index is 13.7. The van der Waals surface area contributed by atoms with Crippen molar-refractivity contribution in [2.75, 3.05) is 0 Å². The van der Waals surface area contributed by atoms with Crippen LogP contribution >= 0.6 is 0 Å². The summed E-state index contributed by atoms with van der Waals surface area (Å²) in [7, 11) is -3.93. The second-order valence-corrected chi connectivity index (χ2v) is 8.63. The minimum absolute atomic E-state index is 0.00952. The Morgan fingerprint density at radius 2 is 1.68 bits per heavy atom. The highest BCUT2D eigenvalue weighted by atomic mass is 32.2. The van der Waals surface area contributed by atoms with Crippen LogP contribution in [0, 0.1) is 11.8 Å². The number of hydrogen-bond acceptors (Lipinski definition) is 4. The zero-order valence-corrected chi connectivity index (χ0v) is 17.7. The first-order chi connectivity index (χ1) is 15.9. The lowest BCUT2D eigenvalue weighted by Crippen LogP contribution is -2.11. The van der Waals surface area contributed by atoms with E-state index >= 15 is 0 Å². The van der Waals surface area contributed by atoms with Gasteiger partial charge in [0.05, 0.1) is 16.2 Å². The van der Waals surface area contributed by atoms with Crippen molar-refractivity contribution in [2.45, 2.75) is 17.5 Å². The quantitative estimate of drug-likeness (QED) is 0.339. The van der Waals surface area contributed by atoms with Crippen LogP contribution in [0.4, 0.5) is 22.0 Å². The summed E-state index contributed by atoms with van der Waals surface area (Å²) in [5.74, 6) is 5.33. The molecular weight excluding hydrogens is 479 g/mol. The third kappa shape index (κ3) is 4.90. The molecule has 2 aromatic heterocycles. The molecule has 0 saturated heterocycles. The van der Waals surface area contributed by atoms with E-state index in [1.165, 1.54) is 30.3 Å². The van der Waals surface area contributed by atoms with Gasteiger partial charge in [0.15, 0.2) is 5.65 Å². The Labute approximate surface area is 189 Å². The van der Waals surface area contributed by atoms with E-state index in [9.17, 15) is 30.4 Å². The Kier molecular flexibility index (Phi) is 5.84. The molecule has 4 aromatic rings. The van der Waals surface area contributed by atoms with Crippen LogP contribution in [0.3, 0.4) is 0 Å². The lowest BCUT2D eigenvalue weighted by molar-refractivity contribution is -0.137. The van der Waals surface area contributed by atoms with Crippen LogP contribution in [-0.2, 0) is 16.2 Å². The molecule has 0 spiro atoms. The number of benzene rings is 2. The van der Waals surface area contributed by atoms with Crippen LogP contribution < -0.4 is 5.14 Å². The number of alkyl halides is 5. The summed E-state index contributed by atoms with van der Waals surface area (Å²) in [5.41, 5.74) is -0.766. The van der Waals surface area contributed by atoms with Crippen molar-refractivity contribution < 1.29 is 30.4 Å². The molecule has 0 aliphatic carbocycles. The smallest absolute Gasteiger partial charge is 0.228 e. The lowest BCUT2D eigenvalue weighted by Gasteiger charge is -2.09. The van der Waals surface area contributed by atoms with E-state index < -0.39 is 33.9 Å². The Bertz CT molecular complexity index is 1550. The standard InChI is InChI=1S/C22H13F5N4O2S/c23-21(24)19-12-18(14-5-7-15(8-6-14)22(25,26)27)29-20-11-16(30-31(19)20)9-4-13-2-1-3-17(10-13)34(28,32)33/h1-3,5-8,10-12,21H,(H2,28,32,33). The van der Waals surface area contributed by atoms with Gasteiger partial charge in [-0.3, -0.25) is 0 Å². The molecule has 0 radical (unpaired) electrons. The number of aromatic nitrogens is 3. The molecule has 2 heterocycles. The van der Waals surface area contributed by atoms with E-state index in [2.05, 4.69) is 21.9 Å². The molecule has 0 saturated carbocycles. The SMILES string of the molecule is NS(=O)(=O)c1cccc(C#Cc2cc3nc(-c4ccc(C(F)(F)F)cc4)cc(C(F)F)n3n2)c1. The molecule has 34 heavy (non-hydrogen) atoms. The number of fused-ring (bicyclic) bond motifs is 1. The number of nitrogens with zero attached hydrogens (tertiary/aromatic N) is 3. The van der Waals surface area contributed by atoms with Crippen molar-refractivity contribution in [2.24, 2.45) is 5.14 Å². The first kappa shape index (κ1) is 23.3. The van der Waals surface area contributed by atoms with E-state index in [0.29, 0.717) is 5.56 Å². The molecule has 0 amide bonds. The number of halogens is 5. The number of hydrogen-bond donors (Lipinski definition) is 1. The lowest BCUT2D eigenvalue weighted by atomic mass is 10.1. The summed E-state index contributed by atoms with van der Waals surface area (Å²) in [6.45, 7) is 0. The summed E-state index contributed by atoms with van der Waals surface area (Å²) in [6, 6.07) is 11.9. The molecule has 2 aromatic carbocycles. The Morgan fingerprint density at radius 3 is 2.29 bits per heavy atom. The number of primary sulfonamides is 1. The minimum Gasteiger partial charge on any atom is -0.228 e. The summed E-state index contributed by atoms with van der Waals surface area (Å²) in [4.78, 5) is 4.08. The molecular formula is C22H13F5N4O2S. The molecule has 0 atom stereocenters. The van der Waals surface area contributed by atoms with Crippen molar-refractivity contribution in [3.05, 3.63) is 83.2 Å². The first-order valence-corrected chi connectivity index (χ1v) is 11.0. The van der Waals surface area contributed by atoms with Crippen molar-refractivity contribution in [3.63, 3.8) is 0 Å². The van der Waals surface area contributed by atoms with Gasteiger partial charge in [0.25, 0.3) is 6.43 Å². The number of sulfonamides is 1. The molecule has 12 heteroatoms. The van der Waals surface area contributed by atoms with Gasteiger partial charge >= 0.3 is 6.18 Å². The molecule has 2 N–H and O–H groups in total. The van der Waals surface area contributed by atoms with E-state index in [0.717, 1.165) is 34.8 Å². The number of nitrogens with two attached hydrogens (primary N) is 1. The van der Waals surface area contributed by atoms with Crippen molar-refractivity contribution in [3.8, 4) is 23.1 Å². The molecule has 174 valence electrons. The molecule has 0 aliphatic rings. The monoisotopic (exact) mass is 492 g/mol. The summed E-state index contributed by atoms with van der Waals surface area (Å²) < 4.78 is 89.6. The van der Waals surface area contributed by atoms with Gasteiger partial charge in [0.1, 0.15) is 11.4 Å². The second kappa shape index (κ2) is 8.51. The van der Waals surface area contributed by atoms with Crippen molar-refractivity contribution in [1.29, 1.82) is 0 Å². The Morgan fingerprint density at radius 1 is 0.971 bits per heavy atom. The van der Waals surface area contributed by atoms with Gasteiger partial charge in [0.2, 0.25) is 10.0 Å². The predicted octanol–water partition coefficient (Wildman–Crippen LogP) is 4.40. The topological polar surface area (TPSA) is 90.4 Å².